The van der Waals surface area contributed by atoms with Gasteiger partial charge in [-0.25, -0.2) is 19.9 Å². The fraction of sp³-hybridized carbons (Fsp3) is 0.500. The second-order valence-corrected chi connectivity index (χ2v) is 6.66. The highest BCUT2D eigenvalue weighted by atomic mass is 16.5. The van der Waals surface area contributed by atoms with Crippen molar-refractivity contribution in [3.05, 3.63) is 35.4 Å². The molecular weight excluding hydrogens is 348 g/mol. The second kappa shape index (κ2) is 7.83. The van der Waals surface area contributed by atoms with E-state index in [-0.39, 0.29) is 18.0 Å². The number of fused-ring (bicyclic) bond motifs is 1. The van der Waals surface area contributed by atoms with Crippen molar-refractivity contribution in [2.45, 2.75) is 31.9 Å². The first-order valence-corrected chi connectivity index (χ1v) is 9.07. The molecule has 1 saturated heterocycles. The molecule has 1 fully saturated rings. The van der Waals surface area contributed by atoms with Gasteiger partial charge in [0, 0.05) is 49.7 Å². The summed E-state index contributed by atoms with van der Waals surface area (Å²) in [5.74, 6) is 0.537. The number of carbonyl (C=O) groups is 1. The molecule has 0 aromatic carbocycles. The van der Waals surface area contributed by atoms with Gasteiger partial charge in [-0.05, 0) is 12.8 Å². The highest BCUT2D eigenvalue weighted by molar-refractivity contribution is 5.93. The summed E-state index contributed by atoms with van der Waals surface area (Å²) in [5.41, 5.74) is 2.54. The number of methoxy groups -OCH3 is 1. The maximum atomic E-state index is 12.5. The number of piperidine rings is 1. The zero-order valence-corrected chi connectivity index (χ0v) is 15.2. The van der Waals surface area contributed by atoms with E-state index in [0.717, 1.165) is 43.0 Å². The lowest BCUT2D eigenvalue weighted by Crippen LogP contribution is -2.48. The van der Waals surface area contributed by atoms with E-state index in [1.807, 2.05) is 6.20 Å². The fourth-order valence-electron chi connectivity index (χ4n) is 3.36. The maximum Gasteiger partial charge on any atom is 0.316 e. The predicted octanol–water partition coefficient (Wildman–Crippen LogP) is 0.747. The molecule has 0 radical (unpaired) electrons. The van der Waals surface area contributed by atoms with Crippen molar-refractivity contribution in [1.29, 1.82) is 0 Å². The summed E-state index contributed by atoms with van der Waals surface area (Å²) < 4.78 is 10.4. The van der Waals surface area contributed by atoms with Crippen molar-refractivity contribution in [2.24, 2.45) is 0 Å². The lowest BCUT2D eigenvalue weighted by molar-refractivity contribution is 0.0932. The standard InChI is InChI=1S/C18H22N6O3/c1-26-18-20-7-12(8-21-18)16(25)22-14-3-2-5-24(10-14)17-19-9-13-11-27-6-4-15(13)23-17/h7-9,14H,2-6,10-11H2,1H3,(H,22,25). The summed E-state index contributed by atoms with van der Waals surface area (Å²) in [5, 5.41) is 3.06. The summed E-state index contributed by atoms with van der Waals surface area (Å²) in [4.78, 5) is 31.8. The normalized spacial score (nSPS) is 19.3. The quantitative estimate of drug-likeness (QED) is 0.841. The Morgan fingerprint density at radius 1 is 1.30 bits per heavy atom. The Kier molecular flexibility index (Phi) is 5.10. The molecule has 0 spiro atoms. The number of hydrogen-bond acceptors (Lipinski definition) is 8. The Hall–Kier alpha value is -2.81. The van der Waals surface area contributed by atoms with E-state index in [0.29, 0.717) is 25.3 Å². The molecule has 1 unspecified atom stereocenters. The van der Waals surface area contributed by atoms with Crippen LogP contribution >= 0.6 is 0 Å². The van der Waals surface area contributed by atoms with Crippen LogP contribution in [0.15, 0.2) is 18.6 Å². The molecule has 4 rings (SSSR count). The van der Waals surface area contributed by atoms with Gasteiger partial charge >= 0.3 is 6.01 Å². The average molecular weight is 370 g/mol. The second-order valence-electron chi connectivity index (χ2n) is 6.66. The summed E-state index contributed by atoms with van der Waals surface area (Å²) in [6.45, 7) is 2.84. The minimum absolute atomic E-state index is 0.0244. The summed E-state index contributed by atoms with van der Waals surface area (Å²) >= 11 is 0. The van der Waals surface area contributed by atoms with E-state index in [1.165, 1.54) is 19.5 Å². The third-order valence-electron chi connectivity index (χ3n) is 4.79. The number of ether oxygens (including phenoxy) is 2. The Morgan fingerprint density at radius 3 is 2.96 bits per heavy atom. The first-order chi connectivity index (χ1) is 13.2. The van der Waals surface area contributed by atoms with Gasteiger partial charge in [-0.15, -0.1) is 0 Å². The van der Waals surface area contributed by atoms with Gasteiger partial charge < -0.3 is 19.7 Å². The first kappa shape index (κ1) is 17.6. The lowest BCUT2D eigenvalue weighted by atomic mass is 10.1. The first-order valence-electron chi connectivity index (χ1n) is 9.07. The number of nitrogens with one attached hydrogen (secondary N) is 1. The van der Waals surface area contributed by atoms with Crippen LogP contribution in [0.1, 0.15) is 34.5 Å². The van der Waals surface area contributed by atoms with Crippen molar-refractivity contribution in [3.8, 4) is 6.01 Å². The number of amides is 1. The maximum absolute atomic E-state index is 12.5. The number of aromatic nitrogens is 4. The topological polar surface area (TPSA) is 102 Å². The highest BCUT2D eigenvalue weighted by Gasteiger charge is 2.25. The average Bonchev–Trinajstić information content (AvgIpc) is 2.73. The summed E-state index contributed by atoms with van der Waals surface area (Å²) in [6.07, 6.45) is 7.49. The van der Waals surface area contributed by atoms with Crippen molar-refractivity contribution >= 4 is 11.9 Å². The van der Waals surface area contributed by atoms with Crippen LogP contribution in [0.4, 0.5) is 5.95 Å². The van der Waals surface area contributed by atoms with Gasteiger partial charge in [0.05, 0.1) is 31.6 Å². The predicted molar refractivity (Wildman–Crippen MR) is 96.7 cm³/mol. The molecule has 9 heteroatoms. The van der Waals surface area contributed by atoms with Crippen molar-refractivity contribution in [1.82, 2.24) is 25.3 Å². The molecule has 0 bridgehead atoms. The third kappa shape index (κ3) is 3.97. The highest BCUT2D eigenvalue weighted by Crippen LogP contribution is 2.20. The van der Waals surface area contributed by atoms with E-state index >= 15 is 0 Å². The molecule has 2 aromatic heterocycles. The molecule has 2 aromatic rings. The van der Waals surface area contributed by atoms with Gasteiger partial charge in [0.1, 0.15) is 0 Å². The Morgan fingerprint density at radius 2 is 2.15 bits per heavy atom. The van der Waals surface area contributed by atoms with E-state index in [2.05, 4.69) is 25.2 Å². The number of nitrogens with zero attached hydrogens (tertiary/aromatic N) is 5. The molecule has 9 nitrogen and oxygen atoms in total. The van der Waals surface area contributed by atoms with Gasteiger partial charge in [0.15, 0.2) is 0 Å². The van der Waals surface area contributed by atoms with Gasteiger partial charge in [-0.1, -0.05) is 0 Å². The van der Waals surface area contributed by atoms with Crippen LogP contribution in [0.5, 0.6) is 6.01 Å². The Labute approximate surface area is 157 Å². The van der Waals surface area contributed by atoms with Crippen LogP contribution < -0.4 is 15.0 Å². The summed E-state index contributed by atoms with van der Waals surface area (Å²) in [6, 6.07) is 0.265. The monoisotopic (exact) mass is 370 g/mol. The van der Waals surface area contributed by atoms with Gasteiger partial charge in [-0.2, -0.15) is 0 Å². The zero-order chi connectivity index (χ0) is 18.6. The largest absolute Gasteiger partial charge is 0.467 e. The molecule has 27 heavy (non-hydrogen) atoms. The number of anilines is 1. The van der Waals surface area contributed by atoms with Gasteiger partial charge in [0.2, 0.25) is 5.95 Å². The zero-order valence-electron chi connectivity index (χ0n) is 15.2. The minimum atomic E-state index is -0.187. The third-order valence-corrected chi connectivity index (χ3v) is 4.79. The van der Waals surface area contributed by atoms with Gasteiger partial charge in [0.25, 0.3) is 5.91 Å². The number of hydrogen-bond donors (Lipinski definition) is 1. The van der Waals surface area contributed by atoms with Crippen LogP contribution in [0, 0.1) is 0 Å². The molecule has 1 N–H and O–H groups in total. The number of carbonyl (C=O) groups excluding carboxylic acids is 1. The molecule has 0 saturated carbocycles. The van der Waals surface area contributed by atoms with E-state index < -0.39 is 0 Å². The lowest BCUT2D eigenvalue weighted by Gasteiger charge is -2.33. The molecule has 142 valence electrons. The van der Waals surface area contributed by atoms with Crippen LogP contribution in [0.2, 0.25) is 0 Å². The van der Waals surface area contributed by atoms with Crippen LogP contribution in [-0.4, -0.2) is 58.7 Å². The van der Waals surface area contributed by atoms with Crippen molar-refractivity contribution in [3.63, 3.8) is 0 Å². The van der Waals surface area contributed by atoms with E-state index in [1.54, 1.807) is 0 Å². The Balaban J connectivity index is 1.41. The SMILES string of the molecule is COc1ncc(C(=O)NC2CCCN(c3ncc4c(n3)CCOC4)C2)cn1. The van der Waals surface area contributed by atoms with Crippen LogP contribution in [-0.2, 0) is 17.8 Å². The minimum Gasteiger partial charge on any atom is -0.467 e. The van der Waals surface area contributed by atoms with Gasteiger partial charge in [-0.3, -0.25) is 4.79 Å². The molecule has 0 aliphatic carbocycles. The number of rotatable bonds is 4. The summed E-state index contributed by atoms with van der Waals surface area (Å²) in [7, 11) is 1.49. The van der Waals surface area contributed by atoms with Crippen LogP contribution in [0.3, 0.4) is 0 Å². The molecule has 1 amide bonds. The molecular formula is C18H22N6O3. The van der Waals surface area contributed by atoms with Crippen LogP contribution in [0.25, 0.3) is 0 Å². The van der Waals surface area contributed by atoms with Crippen molar-refractivity contribution in [2.75, 3.05) is 31.7 Å². The Bertz CT molecular complexity index is 813. The molecule has 4 heterocycles. The van der Waals surface area contributed by atoms with E-state index in [9.17, 15) is 4.79 Å². The van der Waals surface area contributed by atoms with E-state index in [4.69, 9.17) is 14.5 Å². The molecule has 2 aliphatic rings. The molecule has 2 aliphatic heterocycles. The molecule has 1 atom stereocenters. The van der Waals surface area contributed by atoms with Crippen molar-refractivity contribution < 1.29 is 14.3 Å². The smallest absolute Gasteiger partial charge is 0.316 e. The fourth-order valence-corrected chi connectivity index (χ4v) is 3.36.